The summed E-state index contributed by atoms with van der Waals surface area (Å²) in [7, 11) is 1.70. The monoisotopic (exact) mass is 326 g/mol. The molecule has 1 aliphatic heterocycles. The SMILES string of the molecule is COC(C)c1nc(CN2CCCN(C(=O)[C@@H](C)N)CC2)cs1. The minimum Gasteiger partial charge on any atom is -0.375 e. The molecule has 2 heterocycles. The molecule has 0 spiro atoms. The quantitative estimate of drug-likeness (QED) is 0.881. The predicted octanol–water partition coefficient (Wildman–Crippen LogP) is 1.23. The predicted molar refractivity (Wildman–Crippen MR) is 87.7 cm³/mol. The van der Waals surface area contributed by atoms with Crippen molar-refractivity contribution in [3.63, 3.8) is 0 Å². The third kappa shape index (κ3) is 4.49. The van der Waals surface area contributed by atoms with Crippen molar-refractivity contribution in [3.8, 4) is 0 Å². The molecule has 1 aromatic heterocycles. The summed E-state index contributed by atoms with van der Waals surface area (Å²) in [6.45, 7) is 7.96. The minimum atomic E-state index is -0.414. The van der Waals surface area contributed by atoms with Gasteiger partial charge in [0.2, 0.25) is 5.91 Å². The van der Waals surface area contributed by atoms with Crippen molar-refractivity contribution < 1.29 is 9.53 Å². The third-order valence-corrected chi connectivity index (χ3v) is 5.00. The van der Waals surface area contributed by atoms with Crippen LogP contribution in [0.15, 0.2) is 5.38 Å². The Balaban J connectivity index is 1.89. The van der Waals surface area contributed by atoms with Gasteiger partial charge in [0.15, 0.2) is 0 Å². The number of thiazole rings is 1. The van der Waals surface area contributed by atoms with Crippen LogP contribution in [-0.4, -0.2) is 60.0 Å². The van der Waals surface area contributed by atoms with Crippen LogP contribution >= 0.6 is 11.3 Å². The van der Waals surface area contributed by atoms with Crippen LogP contribution in [-0.2, 0) is 16.1 Å². The van der Waals surface area contributed by atoms with Gasteiger partial charge in [-0.25, -0.2) is 4.98 Å². The maximum absolute atomic E-state index is 12.0. The number of hydrogen-bond acceptors (Lipinski definition) is 6. The molecule has 6 nitrogen and oxygen atoms in total. The summed E-state index contributed by atoms with van der Waals surface area (Å²) in [5.41, 5.74) is 6.77. The van der Waals surface area contributed by atoms with Crippen molar-refractivity contribution >= 4 is 17.2 Å². The first-order valence-corrected chi connectivity index (χ1v) is 8.63. The van der Waals surface area contributed by atoms with Gasteiger partial charge in [-0.15, -0.1) is 11.3 Å². The average Bonchev–Trinajstić information content (AvgIpc) is 2.84. The Labute approximate surface area is 136 Å². The van der Waals surface area contributed by atoms with E-state index in [9.17, 15) is 4.79 Å². The van der Waals surface area contributed by atoms with Crippen LogP contribution in [0.5, 0.6) is 0 Å². The van der Waals surface area contributed by atoms with Gasteiger partial charge in [-0.1, -0.05) is 0 Å². The Bertz CT molecular complexity index is 492. The lowest BCUT2D eigenvalue weighted by molar-refractivity contribution is -0.132. The lowest BCUT2D eigenvalue weighted by atomic mass is 10.3. The third-order valence-electron chi connectivity index (χ3n) is 3.95. The van der Waals surface area contributed by atoms with Crippen molar-refractivity contribution in [2.24, 2.45) is 5.73 Å². The normalized spacial score (nSPS) is 19.7. The number of ether oxygens (including phenoxy) is 1. The molecule has 124 valence electrons. The molecule has 1 amide bonds. The molecular weight excluding hydrogens is 300 g/mol. The van der Waals surface area contributed by atoms with Gasteiger partial charge in [-0.05, 0) is 20.3 Å². The van der Waals surface area contributed by atoms with E-state index in [4.69, 9.17) is 10.5 Å². The smallest absolute Gasteiger partial charge is 0.239 e. The van der Waals surface area contributed by atoms with Gasteiger partial charge >= 0.3 is 0 Å². The van der Waals surface area contributed by atoms with Crippen molar-refractivity contribution in [1.29, 1.82) is 0 Å². The first-order chi connectivity index (χ1) is 10.5. The molecule has 0 saturated carbocycles. The zero-order chi connectivity index (χ0) is 16.1. The highest BCUT2D eigenvalue weighted by Gasteiger charge is 2.21. The molecule has 0 radical (unpaired) electrons. The van der Waals surface area contributed by atoms with Crippen LogP contribution < -0.4 is 5.73 Å². The largest absolute Gasteiger partial charge is 0.375 e. The Morgan fingerprint density at radius 1 is 1.41 bits per heavy atom. The standard InChI is InChI=1S/C15H26N4O2S/c1-11(16)15(20)19-6-4-5-18(7-8-19)9-13-10-22-14(17-13)12(2)21-3/h10-12H,4-9,16H2,1-3H3/t11-,12?/m1/s1. The summed E-state index contributed by atoms with van der Waals surface area (Å²) in [5.74, 6) is 0.0479. The van der Waals surface area contributed by atoms with E-state index in [-0.39, 0.29) is 12.0 Å². The maximum atomic E-state index is 12.0. The molecule has 7 heteroatoms. The first kappa shape index (κ1) is 17.3. The highest BCUT2D eigenvalue weighted by molar-refractivity contribution is 7.09. The fraction of sp³-hybridized carbons (Fsp3) is 0.733. The van der Waals surface area contributed by atoms with E-state index in [1.165, 1.54) is 0 Å². The molecule has 22 heavy (non-hydrogen) atoms. The molecule has 0 aliphatic carbocycles. The molecule has 2 rings (SSSR count). The van der Waals surface area contributed by atoms with Crippen LogP contribution in [0.3, 0.4) is 0 Å². The Hall–Kier alpha value is -1.02. The summed E-state index contributed by atoms with van der Waals surface area (Å²) in [5, 5.41) is 3.11. The van der Waals surface area contributed by atoms with Gasteiger partial charge in [0.1, 0.15) is 11.1 Å². The van der Waals surface area contributed by atoms with Crippen molar-refractivity contribution in [1.82, 2.24) is 14.8 Å². The first-order valence-electron chi connectivity index (χ1n) is 7.75. The second-order valence-electron chi connectivity index (χ2n) is 5.80. The number of nitrogens with zero attached hydrogens (tertiary/aromatic N) is 3. The molecule has 1 aromatic rings. The second kappa shape index (κ2) is 8.01. The van der Waals surface area contributed by atoms with Crippen LogP contribution in [0.25, 0.3) is 0 Å². The summed E-state index contributed by atoms with van der Waals surface area (Å²) < 4.78 is 5.30. The second-order valence-corrected chi connectivity index (χ2v) is 6.69. The van der Waals surface area contributed by atoms with E-state index in [1.807, 2.05) is 11.8 Å². The fourth-order valence-corrected chi connectivity index (χ4v) is 3.39. The van der Waals surface area contributed by atoms with Crippen molar-refractivity contribution in [2.75, 3.05) is 33.3 Å². The number of nitrogens with two attached hydrogens (primary N) is 1. The number of rotatable bonds is 5. The summed E-state index contributed by atoms with van der Waals surface area (Å²) in [6.07, 6.45) is 1.02. The molecule has 1 aliphatic rings. The van der Waals surface area contributed by atoms with Crippen LogP contribution in [0.1, 0.15) is 37.1 Å². The zero-order valence-electron chi connectivity index (χ0n) is 13.6. The number of carbonyl (C=O) groups excluding carboxylic acids is 1. The van der Waals surface area contributed by atoms with Crippen LogP contribution in [0.4, 0.5) is 0 Å². The lowest BCUT2D eigenvalue weighted by Crippen LogP contribution is -2.43. The van der Waals surface area contributed by atoms with Gasteiger partial charge in [0, 0.05) is 45.2 Å². The van der Waals surface area contributed by atoms with E-state index in [0.717, 1.165) is 49.8 Å². The Kier molecular flexibility index (Phi) is 6.31. The molecule has 0 bridgehead atoms. The number of methoxy groups -OCH3 is 1. The van der Waals surface area contributed by atoms with Gasteiger partial charge < -0.3 is 15.4 Å². The number of aromatic nitrogens is 1. The van der Waals surface area contributed by atoms with Gasteiger partial charge in [-0.3, -0.25) is 9.69 Å². The minimum absolute atomic E-state index is 0.0436. The van der Waals surface area contributed by atoms with E-state index >= 15 is 0 Å². The highest BCUT2D eigenvalue weighted by Crippen LogP contribution is 2.21. The van der Waals surface area contributed by atoms with Gasteiger partial charge in [-0.2, -0.15) is 0 Å². The van der Waals surface area contributed by atoms with E-state index < -0.39 is 6.04 Å². The van der Waals surface area contributed by atoms with Gasteiger partial charge in [0.25, 0.3) is 0 Å². The molecule has 1 fully saturated rings. The van der Waals surface area contributed by atoms with Crippen LogP contribution in [0, 0.1) is 0 Å². The Morgan fingerprint density at radius 3 is 2.86 bits per heavy atom. The fourth-order valence-electron chi connectivity index (χ4n) is 2.55. The molecule has 1 saturated heterocycles. The summed E-state index contributed by atoms with van der Waals surface area (Å²) in [6, 6.07) is -0.414. The molecule has 0 aromatic carbocycles. The highest BCUT2D eigenvalue weighted by atomic mass is 32.1. The Morgan fingerprint density at radius 2 is 2.18 bits per heavy atom. The molecular formula is C15H26N4O2S. The number of carbonyl (C=O) groups is 1. The summed E-state index contributed by atoms with van der Waals surface area (Å²) >= 11 is 1.64. The van der Waals surface area contributed by atoms with Crippen LogP contribution in [0.2, 0.25) is 0 Å². The lowest BCUT2D eigenvalue weighted by Gasteiger charge is -2.23. The maximum Gasteiger partial charge on any atom is 0.239 e. The van der Waals surface area contributed by atoms with Crippen molar-refractivity contribution in [2.45, 2.75) is 39.0 Å². The van der Waals surface area contributed by atoms with E-state index in [1.54, 1.807) is 25.4 Å². The molecule has 1 unspecified atom stereocenters. The summed E-state index contributed by atoms with van der Waals surface area (Å²) in [4.78, 5) is 20.9. The van der Waals surface area contributed by atoms with E-state index in [0.29, 0.717) is 0 Å². The van der Waals surface area contributed by atoms with Crippen molar-refractivity contribution in [3.05, 3.63) is 16.1 Å². The zero-order valence-corrected chi connectivity index (χ0v) is 14.4. The topological polar surface area (TPSA) is 71.7 Å². The number of amides is 1. The van der Waals surface area contributed by atoms with E-state index in [2.05, 4.69) is 15.3 Å². The molecule has 2 atom stereocenters. The molecule has 2 N–H and O–H groups in total. The van der Waals surface area contributed by atoms with Gasteiger partial charge in [0.05, 0.1) is 11.7 Å². The number of hydrogen-bond donors (Lipinski definition) is 1. The average molecular weight is 326 g/mol.